The predicted octanol–water partition coefficient (Wildman–Crippen LogP) is 7.07. The first kappa shape index (κ1) is 23.4. The topological polar surface area (TPSA) is 48.4 Å². The second-order valence-electron chi connectivity index (χ2n) is 8.37. The first-order chi connectivity index (χ1) is 14.3. The van der Waals surface area contributed by atoms with Gasteiger partial charge in [-0.1, -0.05) is 18.2 Å². The van der Waals surface area contributed by atoms with Gasteiger partial charge in [-0.2, -0.15) is 4.37 Å². The van der Waals surface area contributed by atoms with Gasteiger partial charge in [-0.25, -0.2) is 0 Å². The van der Waals surface area contributed by atoms with Crippen LogP contribution in [0.2, 0.25) is 0 Å². The van der Waals surface area contributed by atoms with Gasteiger partial charge in [-0.3, -0.25) is 4.79 Å². The van der Waals surface area contributed by atoms with Gasteiger partial charge >= 0.3 is 12.3 Å². The Balaban J connectivity index is 2.01. The summed E-state index contributed by atoms with van der Waals surface area (Å²) in [6, 6.07) is 9.49. The highest BCUT2D eigenvalue weighted by molar-refractivity contribution is 8.01. The third-order valence-corrected chi connectivity index (χ3v) is 6.19. The Morgan fingerprint density at radius 3 is 2.23 bits per heavy atom. The lowest BCUT2D eigenvalue weighted by molar-refractivity contribution is -0.274. The number of esters is 1. The number of aromatic nitrogens is 1. The fourth-order valence-corrected chi connectivity index (χ4v) is 4.83. The van der Waals surface area contributed by atoms with Gasteiger partial charge in [0.15, 0.2) is 0 Å². The van der Waals surface area contributed by atoms with Crippen molar-refractivity contribution in [1.82, 2.24) is 4.37 Å². The number of hydrogen-bond donors (Lipinski definition) is 0. The predicted molar refractivity (Wildman–Crippen MR) is 118 cm³/mol. The van der Waals surface area contributed by atoms with Gasteiger partial charge < -0.3 is 9.47 Å². The van der Waals surface area contributed by atoms with Crippen molar-refractivity contribution in [1.29, 1.82) is 0 Å². The van der Waals surface area contributed by atoms with Crippen LogP contribution >= 0.6 is 23.3 Å². The van der Waals surface area contributed by atoms with Crippen LogP contribution < -0.4 is 4.74 Å². The van der Waals surface area contributed by atoms with Crippen LogP contribution in [0.1, 0.15) is 34.6 Å². The maximum Gasteiger partial charge on any atom is 0.573 e. The third kappa shape index (κ3) is 5.92. The van der Waals surface area contributed by atoms with E-state index in [1.807, 2.05) is 32.9 Å². The van der Waals surface area contributed by atoms with Gasteiger partial charge in [0.1, 0.15) is 16.1 Å². The second-order valence-corrected chi connectivity index (χ2v) is 10.8. The van der Waals surface area contributed by atoms with Crippen molar-refractivity contribution in [3.8, 4) is 16.9 Å². The molecule has 31 heavy (non-hydrogen) atoms. The Hall–Kier alpha value is -2.26. The monoisotopic (exact) mass is 469 g/mol. The molecule has 0 saturated heterocycles. The number of rotatable bonds is 5. The molecular weight excluding hydrogens is 447 g/mol. The van der Waals surface area contributed by atoms with Gasteiger partial charge in [0, 0.05) is 22.0 Å². The number of carbonyl (C=O) groups is 1. The summed E-state index contributed by atoms with van der Waals surface area (Å²) in [6.07, 6.45) is -3.02. The number of fused-ring (bicyclic) bond motifs is 1. The van der Waals surface area contributed by atoms with Crippen molar-refractivity contribution in [2.75, 3.05) is 0 Å². The molecule has 0 unspecified atom stereocenters. The van der Waals surface area contributed by atoms with E-state index in [0.717, 1.165) is 20.5 Å². The summed E-state index contributed by atoms with van der Waals surface area (Å²) in [4.78, 5) is 13.6. The van der Waals surface area contributed by atoms with E-state index in [9.17, 15) is 18.0 Å². The minimum absolute atomic E-state index is 0.295. The summed E-state index contributed by atoms with van der Waals surface area (Å²) in [6.45, 7) is 9.00. The van der Waals surface area contributed by atoms with Crippen LogP contribution in [-0.2, 0) is 9.53 Å². The normalized spacial score (nSPS) is 12.8. The third-order valence-electron chi connectivity index (χ3n) is 4.12. The molecule has 166 valence electrons. The van der Waals surface area contributed by atoms with Gasteiger partial charge in [0.2, 0.25) is 0 Å². The quantitative estimate of drug-likeness (QED) is 0.295. The van der Waals surface area contributed by atoms with E-state index in [0.29, 0.717) is 5.56 Å². The molecule has 0 N–H and O–H groups in total. The first-order valence-electron chi connectivity index (χ1n) is 9.41. The summed E-state index contributed by atoms with van der Waals surface area (Å²) in [7, 11) is 0. The van der Waals surface area contributed by atoms with E-state index in [2.05, 4.69) is 9.11 Å². The highest BCUT2D eigenvalue weighted by Crippen LogP contribution is 2.44. The molecule has 0 atom stereocenters. The Labute approximate surface area is 186 Å². The van der Waals surface area contributed by atoms with Crippen molar-refractivity contribution in [3.05, 3.63) is 42.6 Å². The number of alkyl halides is 3. The molecule has 9 heteroatoms. The molecule has 0 aliphatic rings. The molecule has 0 bridgehead atoms. The molecule has 4 nitrogen and oxygen atoms in total. The van der Waals surface area contributed by atoms with Gasteiger partial charge in [-0.15, -0.1) is 24.9 Å². The summed E-state index contributed by atoms with van der Waals surface area (Å²) in [5, 5.41) is 0.912. The molecule has 0 fully saturated rings. The minimum atomic E-state index is -4.75. The molecule has 0 spiro atoms. The van der Waals surface area contributed by atoms with Crippen molar-refractivity contribution in [2.45, 2.75) is 56.2 Å². The number of hydrogen-bond acceptors (Lipinski definition) is 6. The van der Waals surface area contributed by atoms with Crippen molar-refractivity contribution < 1.29 is 27.4 Å². The van der Waals surface area contributed by atoms with Crippen LogP contribution in [-0.4, -0.2) is 27.1 Å². The van der Waals surface area contributed by atoms with E-state index in [1.54, 1.807) is 32.2 Å². The lowest BCUT2D eigenvalue weighted by Gasteiger charge is -2.28. The molecule has 0 amide bonds. The average molecular weight is 470 g/mol. The minimum Gasteiger partial charge on any atom is -0.459 e. The fraction of sp³-hybridized carbons (Fsp3) is 0.364. The van der Waals surface area contributed by atoms with Crippen LogP contribution in [0.5, 0.6) is 5.75 Å². The summed E-state index contributed by atoms with van der Waals surface area (Å²) < 4.78 is 51.3. The molecule has 0 aliphatic carbocycles. The molecule has 0 aliphatic heterocycles. The zero-order chi connectivity index (χ0) is 23.0. The summed E-state index contributed by atoms with van der Waals surface area (Å²) in [5.41, 5.74) is 0.889. The smallest absolute Gasteiger partial charge is 0.459 e. The Morgan fingerprint density at radius 1 is 1.00 bits per heavy atom. The zero-order valence-electron chi connectivity index (χ0n) is 17.7. The summed E-state index contributed by atoms with van der Waals surface area (Å²) >= 11 is 2.63. The molecule has 3 aromatic rings. The van der Waals surface area contributed by atoms with E-state index >= 15 is 0 Å². The van der Waals surface area contributed by atoms with Gasteiger partial charge in [0.05, 0.1) is 4.70 Å². The Kier molecular flexibility index (Phi) is 6.30. The summed E-state index contributed by atoms with van der Waals surface area (Å²) in [5.74, 6) is -0.648. The number of halogens is 3. The van der Waals surface area contributed by atoms with Crippen molar-refractivity contribution in [3.63, 3.8) is 0 Å². The fourth-order valence-electron chi connectivity index (χ4n) is 2.82. The molecule has 1 aromatic heterocycles. The van der Waals surface area contributed by atoms with Crippen molar-refractivity contribution >= 4 is 39.3 Å². The number of benzene rings is 2. The van der Waals surface area contributed by atoms with Crippen molar-refractivity contribution in [2.24, 2.45) is 0 Å². The molecule has 1 heterocycles. The largest absolute Gasteiger partial charge is 0.573 e. The van der Waals surface area contributed by atoms with Crippen LogP contribution in [0.25, 0.3) is 21.2 Å². The SMILES string of the molecule is CC(C)(C)OC(=O)C(C)(C)Sc1ccc2cnsc2c1-c1ccc(OC(F)(F)F)cc1. The van der Waals surface area contributed by atoms with Crippen LogP contribution in [0.3, 0.4) is 0 Å². The van der Waals surface area contributed by atoms with E-state index in [4.69, 9.17) is 4.74 Å². The average Bonchev–Trinajstić information content (AvgIpc) is 3.08. The molecule has 3 rings (SSSR count). The highest BCUT2D eigenvalue weighted by atomic mass is 32.2. The Bertz CT molecular complexity index is 1080. The lowest BCUT2D eigenvalue weighted by Crippen LogP contribution is -2.36. The van der Waals surface area contributed by atoms with E-state index in [-0.39, 0.29) is 11.7 Å². The van der Waals surface area contributed by atoms with Crippen LogP contribution in [0, 0.1) is 0 Å². The molecule has 0 radical (unpaired) electrons. The standard InChI is InChI=1S/C22H22F3NO3S2/c1-20(2,3)29-19(27)21(4,5)30-16-11-8-14-12-26-31-18(14)17(16)13-6-9-15(10-7-13)28-22(23,24)25/h6-12H,1-5H3. The van der Waals surface area contributed by atoms with Crippen LogP contribution in [0.4, 0.5) is 13.2 Å². The number of thioether (sulfide) groups is 1. The molecular formula is C22H22F3NO3S2. The van der Waals surface area contributed by atoms with Gasteiger partial charge in [-0.05, 0) is 69.9 Å². The highest BCUT2D eigenvalue weighted by Gasteiger charge is 2.35. The lowest BCUT2D eigenvalue weighted by atomic mass is 10.0. The van der Waals surface area contributed by atoms with E-state index in [1.165, 1.54) is 35.4 Å². The molecule has 0 saturated carbocycles. The number of ether oxygens (including phenoxy) is 2. The Morgan fingerprint density at radius 2 is 1.65 bits per heavy atom. The van der Waals surface area contributed by atoms with E-state index < -0.39 is 16.7 Å². The number of carbonyl (C=O) groups excluding carboxylic acids is 1. The second kappa shape index (κ2) is 8.35. The van der Waals surface area contributed by atoms with Crippen LogP contribution in [0.15, 0.2) is 47.5 Å². The molecule has 2 aromatic carbocycles. The first-order valence-corrected chi connectivity index (χ1v) is 11.0. The van der Waals surface area contributed by atoms with Gasteiger partial charge in [0.25, 0.3) is 0 Å². The maximum absolute atomic E-state index is 12.7. The zero-order valence-corrected chi connectivity index (χ0v) is 19.3. The number of nitrogens with zero attached hydrogens (tertiary/aromatic N) is 1. The maximum atomic E-state index is 12.7.